The molecule has 25 heavy (non-hydrogen) atoms. The molecule has 1 aliphatic carbocycles. The lowest BCUT2D eigenvalue weighted by Gasteiger charge is -2.23. The summed E-state index contributed by atoms with van der Waals surface area (Å²) in [5.74, 6) is 0.476. The van der Waals surface area contributed by atoms with E-state index >= 15 is 0 Å². The van der Waals surface area contributed by atoms with Crippen LogP contribution in [-0.2, 0) is 11.2 Å². The molecular weight excluding hydrogens is 342 g/mol. The van der Waals surface area contributed by atoms with Crippen LogP contribution in [0.2, 0.25) is 0 Å². The van der Waals surface area contributed by atoms with Gasteiger partial charge in [-0.3, -0.25) is 4.79 Å². The van der Waals surface area contributed by atoms with Gasteiger partial charge in [-0.15, -0.1) is 17.5 Å². The third-order valence-electron chi connectivity index (χ3n) is 5.55. The van der Waals surface area contributed by atoms with Crippen molar-refractivity contribution in [2.24, 2.45) is 11.3 Å². The van der Waals surface area contributed by atoms with Gasteiger partial charge >= 0.3 is 5.97 Å². The van der Waals surface area contributed by atoms with E-state index in [1.54, 1.807) is 4.68 Å². The predicted molar refractivity (Wildman–Crippen MR) is 94.0 cm³/mol. The van der Waals surface area contributed by atoms with Gasteiger partial charge in [-0.25, -0.2) is 0 Å². The Hall–Kier alpha value is -1.99. The first-order valence-electron chi connectivity index (χ1n) is 8.47. The van der Waals surface area contributed by atoms with E-state index in [-0.39, 0.29) is 12.4 Å². The van der Waals surface area contributed by atoms with E-state index in [0.717, 1.165) is 43.9 Å². The van der Waals surface area contributed by atoms with Crippen molar-refractivity contribution in [1.29, 1.82) is 0 Å². The Morgan fingerprint density at radius 2 is 2.12 bits per heavy atom. The van der Waals surface area contributed by atoms with Crippen molar-refractivity contribution >= 4 is 18.4 Å². The van der Waals surface area contributed by atoms with Gasteiger partial charge in [0.1, 0.15) is 0 Å². The molecule has 0 amide bonds. The van der Waals surface area contributed by atoms with Crippen molar-refractivity contribution in [2.75, 3.05) is 19.6 Å². The summed E-state index contributed by atoms with van der Waals surface area (Å²) in [6.07, 6.45) is 3.59. The molecule has 2 atom stereocenters. The number of fused-ring (bicyclic) bond motifs is 1. The molecule has 134 valence electrons. The van der Waals surface area contributed by atoms with Gasteiger partial charge in [-0.2, -0.15) is 4.68 Å². The topological polar surface area (TPSA) is 84.1 Å². The number of aromatic nitrogens is 4. The number of carboxylic acid groups (broad SMARTS) is 1. The summed E-state index contributed by atoms with van der Waals surface area (Å²) in [6, 6.07) is 9.82. The van der Waals surface area contributed by atoms with Crippen LogP contribution in [0.3, 0.4) is 0 Å². The van der Waals surface area contributed by atoms with Crippen LogP contribution in [0.1, 0.15) is 25.1 Å². The van der Waals surface area contributed by atoms with Crippen LogP contribution in [0.5, 0.6) is 0 Å². The second-order valence-corrected chi connectivity index (χ2v) is 6.88. The summed E-state index contributed by atoms with van der Waals surface area (Å²) in [5, 5.41) is 21.7. The molecule has 1 aromatic heterocycles. The Morgan fingerprint density at radius 3 is 2.84 bits per heavy atom. The molecule has 2 aromatic rings. The van der Waals surface area contributed by atoms with Gasteiger partial charge in [0.15, 0.2) is 5.82 Å². The van der Waals surface area contributed by atoms with Gasteiger partial charge in [0.05, 0.1) is 11.1 Å². The van der Waals surface area contributed by atoms with Crippen LogP contribution in [0.25, 0.3) is 5.69 Å². The molecule has 7 nitrogen and oxygen atoms in total. The second kappa shape index (κ2) is 7.09. The minimum atomic E-state index is -0.624. The first-order valence-corrected chi connectivity index (χ1v) is 8.47. The number of rotatable bonds is 5. The third-order valence-corrected chi connectivity index (χ3v) is 5.55. The lowest BCUT2D eigenvalue weighted by atomic mass is 9.81. The maximum atomic E-state index is 11.8. The number of hydrogen-bond acceptors (Lipinski definition) is 5. The zero-order valence-corrected chi connectivity index (χ0v) is 14.7. The van der Waals surface area contributed by atoms with Gasteiger partial charge in [-0.05, 0) is 41.3 Å². The number of likely N-dealkylation sites (tertiary alicyclic amines) is 1. The van der Waals surface area contributed by atoms with E-state index < -0.39 is 11.4 Å². The summed E-state index contributed by atoms with van der Waals surface area (Å²) < 4.78 is 1.75. The molecule has 0 spiro atoms. The third kappa shape index (κ3) is 3.14. The van der Waals surface area contributed by atoms with E-state index in [2.05, 4.69) is 20.4 Å². The van der Waals surface area contributed by atoms with Gasteiger partial charge in [0.25, 0.3) is 0 Å². The molecule has 1 saturated carbocycles. The monoisotopic (exact) mass is 363 g/mol. The number of halogens is 1. The molecule has 2 heterocycles. The van der Waals surface area contributed by atoms with E-state index in [1.165, 1.54) is 0 Å². The summed E-state index contributed by atoms with van der Waals surface area (Å²) in [4.78, 5) is 14.0. The minimum Gasteiger partial charge on any atom is -0.481 e. The normalized spacial score (nSPS) is 25.5. The second-order valence-electron chi connectivity index (χ2n) is 6.88. The molecule has 0 radical (unpaired) electrons. The quantitative estimate of drug-likeness (QED) is 0.872. The predicted octanol–water partition coefficient (Wildman–Crippen LogP) is 1.81. The van der Waals surface area contributed by atoms with Crippen molar-refractivity contribution in [3.05, 3.63) is 36.2 Å². The van der Waals surface area contributed by atoms with Gasteiger partial charge in [0.2, 0.25) is 0 Å². The van der Waals surface area contributed by atoms with E-state index in [0.29, 0.717) is 18.9 Å². The first-order chi connectivity index (χ1) is 11.7. The minimum absolute atomic E-state index is 0. The number of hydrogen-bond donors (Lipinski definition) is 1. The standard InChI is InChI=1S/C17H21N5O2.ClH/c23-16(24)17-9-4-5-13(17)11-21(12-17)10-8-15-18-19-20-22(15)14-6-2-1-3-7-14;/h1-3,6-7,13H,4-5,8-12H2,(H,23,24);1H/t13-,17+;/m0./s1. The largest absolute Gasteiger partial charge is 0.481 e. The summed E-state index contributed by atoms with van der Waals surface area (Å²) in [7, 11) is 0. The average Bonchev–Trinajstić information content (AvgIpc) is 3.27. The number of benzene rings is 1. The van der Waals surface area contributed by atoms with E-state index in [4.69, 9.17) is 0 Å². The molecule has 0 bridgehead atoms. The molecule has 8 heteroatoms. The highest BCUT2D eigenvalue weighted by molar-refractivity contribution is 5.85. The van der Waals surface area contributed by atoms with Gasteiger partial charge < -0.3 is 10.0 Å². The van der Waals surface area contributed by atoms with Crippen LogP contribution in [0, 0.1) is 11.3 Å². The molecule has 2 fully saturated rings. The number of carboxylic acids is 1. The fourth-order valence-corrected chi connectivity index (χ4v) is 4.30. The molecule has 2 aliphatic rings. The lowest BCUT2D eigenvalue weighted by molar-refractivity contribution is -0.149. The highest BCUT2D eigenvalue weighted by atomic mass is 35.5. The summed E-state index contributed by atoms with van der Waals surface area (Å²) >= 11 is 0. The summed E-state index contributed by atoms with van der Waals surface area (Å²) in [6.45, 7) is 2.32. The van der Waals surface area contributed by atoms with Crippen molar-refractivity contribution in [3.63, 3.8) is 0 Å². The van der Waals surface area contributed by atoms with Gasteiger partial charge in [0, 0.05) is 26.1 Å². The molecule has 1 aromatic carbocycles. The highest BCUT2D eigenvalue weighted by Gasteiger charge is 2.54. The highest BCUT2D eigenvalue weighted by Crippen LogP contribution is 2.48. The molecule has 0 unspecified atom stereocenters. The van der Waals surface area contributed by atoms with Crippen LogP contribution >= 0.6 is 12.4 Å². The molecule has 1 aliphatic heterocycles. The van der Waals surface area contributed by atoms with Gasteiger partial charge in [-0.1, -0.05) is 24.6 Å². The molecule has 1 N–H and O–H groups in total. The van der Waals surface area contributed by atoms with Crippen LogP contribution < -0.4 is 0 Å². The molecular formula is C17H22ClN5O2. The number of tetrazole rings is 1. The van der Waals surface area contributed by atoms with Crippen molar-refractivity contribution in [2.45, 2.75) is 25.7 Å². The Labute approximate surface area is 152 Å². The average molecular weight is 364 g/mol. The molecule has 1 saturated heterocycles. The van der Waals surface area contributed by atoms with Crippen molar-refractivity contribution in [3.8, 4) is 5.69 Å². The number of carbonyl (C=O) groups is 1. The Morgan fingerprint density at radius 1 is 1.32 bits per heavy atom. The van der Waals surface area contributed by atoms with E-state index in [1.807, 2.05) is 30.3 Å². The maximum Gasteiger partial charge on any atom is 0.311 e. The fraction of sp³-hybridized carbons (Fsp3) is 0.529. The Balaban J connectivity index is 0.00000182. The number of aliphatic carboxylic acids is 1. The Bertz CT molecular complexity index is 738. The summed E-state index contributed by atoms with van der Waals surface area (Å²) in [5.41, 5.74) is 0.420. The smallest absolute Gasteiger partial charge is 0.311 e. The zero-order chi connectivity index (χ0) is 16.6. The lowest BCUT2D eigenvalue weighted by Crippen LogP contribution is -2.36. The fourth-order valence-electron chi connectivity index (χ4n) is 4.30. The SMILES string of the molecule is Cl.O=C(O)[C@@]12CCC[C@H]1CN(CCc1nnnn1-c1ccccc1)C2. The number of nitrogens with zero attached hydrogens (tertiary/aromatic N) is 5. The van der Waals surface area contributed by atoms with E-state index in [9.17, 15) is 9.90 Å². The first kappa shape index (κ1) is 17.8. The Kier molecular flexibility index (Phi) is 5.06. The molecule has 4 rings (SSSR count). The zero-order valence-electron chi connectivity index (χ0n) is 13.9. The van der Waals surface area contributed by atoms with Crippen LogP contribution in [0.15, 0.2) is 30.3 Å². The van der Waals surface area contributed by atoms with Crippen molar-refractivity contribution in [1.82, 2.24) is 25.1 Å². The van der Waals surface area contributed by atoms with Crippen LogP contribution in [-0.4, -0.2) is 55.8 Å². The van der Waals surface area contributed by atoms with Crippen LogP contribution in [0.4, 0.5) is 0 Å². The maximum absolute atomic E-state index is 11.8. The van der Waals surface area contributed by atoms with Crippen molar-refractivity contribution < 1.29 is 9.90 Å². The number of para-hydroxylation sites is 1.